The molecule has 9 nitrogen and oxygen atoms in total. The van der Waals surface area contributed by atoms with Crippen LogP contribution in [0, 0.1) is 11.8 Å². The molecule has 202 valence electrons. The minimum atomic E-state index is -3.95. The summed E-state index contributed by atoms with van der Waals surface area (Å²) in [5, 5.41) is 5.70. The quantitative estimate of drug-likeness (QED) is 0.427. The Morgan fingerprint density at radius 3 is 2.74 bits per heavy atom. The molecule has 2 N–H and O–H groups in total. The monoisotopic (exact) mass is 537 g/mol. The van der Waals surface area contributed by atoms with E-state index in [4.69, 9.17) is 4.74 Å². The van der Waals surface area contributed by atoms with Crippen LogP contribution in [0.1, 0.15) is 70.2 Å². The summed E-state index contributed by atoms with van der Waals surface area (Å²) in [5.74, 6) is 1.14. The first-order valence-corrected chi connectivity index (χ1v) is 14.6. The third-order valence-electron chi connectivity index (χ3n) is 7.39. The molecule has 2 aromatic heterocycles. The predicted molar refractivity (Wildman–Crippen MR) is 147 cm³/mol. The maximum atomic E-state index is 12.4. The number of carbonyl (C=O) groups is 1. The van der Waals surface area contributed by atoms with Crippen LogP contribution in [0.5, 0.6) is 0 Å². The molecule has 3 aromatic rings. The fourth-order valence-corrected chi connectivity index (χ4v) is 6.40. The number of fused-ring (bicyclic) bond motifs is 2. The second-order valence-electron chi connectivity index (χ2n) is 11.4. The maximum Gasteiger partial charge on any atom is 0.421 e. The zero-order chi connectivity index (χ0) is 27.1. The summed E-state index contributed by atoms with van der Waals surface area (Å²) in [7, 11) is -3.95. The van der Waals surface area contributed by atoms with Gasteiger partial charge in [-0.05, 0) is 75.5 Å². The highest BCUT2D eigenvalue weighted by molar-refractivity contribution is 7.92. The zero-order valence-corrected chi connectivity index (χ0v) is 23.0. The van der Waals surface area contributed by atoms with Crippen LogP contribution in [-0.4, -0.2) is 34.6 Å². The van der Waals surface area contributed by atoms with E-state index in [0.29, 0.717) is 0 Å². The number of carbonyl (C=O) groups excluding carboxylic acids is 1. The number of hydrogen-bond donors (Lipinski definition) is 2. The summed E-state index contributed by atoms with van der Waals surface area (Å²) < 4.78 is 34.0. The summed E-state index contributed by atoms with van der Waals surface area (Å²) in [5.41, 5.74) is 2.80. The average molecular weight is 538 g/mol. The Labute approximate surface area is 223 Å². The van der Waals surface area contributed by atoms with Crippen molar-refractivity contribution in [2.45, 2.75) is 71.1 Å². The van der Waals surface area contributed by atoms with Crippen LogP contribution in [0.2, 0.25) is 0 Å². The lowest BCUT2D eigenvalue weighted by Crippen LogP contribution is -2.35. The number of ether oxygens (including phenoxy) is 1. The van der Waals surface area contributed by atoms with Gasteiger partial charge in [-0.2, -0.15) is 0 Å². The van der Waals surface area contributed by atoms with E-state index in [-0.39, 0.29) is 23.9 Å². The molecule has 2 aliphatic rings. The Morgan fingerprint density at radius 2 is 1.95 bits per heavy atom. The van der Waals surface area contributed by atoms with Crippen molar-refractivity contribution in [1.82, 2.24) is 19.3 Å². The lowest BCUT2D eigenvalue weighted by molar-refractivity contribution is 0.0571. The molecule has 2 heterocycles. The molecule has 1 aromatic carbocycles. The molecule has 38 heavy (non-hydrogen) atoms. The van der Waals surface area contributed by atoms with Crippen LogP contribution in [0.4, 0.5) is 10.6 Å². The van der Waals surface area contributed by atoms with Crippen molar-refractivity contribution < 1.29 is 17.9 Å². The first-order chi connectivity index (χ1) is 18.0. The van der Waals surface area contributed by atoms with Crippen molar-refractivity contribution in [3.05, 3.63) is 65.5 Å². The van der Waals surface area contributed by atoms with Gasteiger partial charge in [0, 0.05) is 17.6 Å². The lowest BCUT2D eigenvalue weighted by Gasteiger charge is -2.19. The Kier molecular flexibility index (Phi) is 6.94. The third kappa shape index (κ3) is 5.70. The van der Waals surface area contributed by atoms with Crippen molar-refractivity contribution in [3.63, 3.8) is 0 Å². The Bertz CT molecular complexity index is 1470. The van der Waals surface area contributed by atoms with E-state index in [1.807, 2.05) is 4.72 Å². The van der Waals surface area contributed by atoms with Crippen molar-refractivity contribution >= 4 is 33.0 Å². The standard InChI is InChI=1S/C28H35N5O4S/c1-18-15-21(16-20(18)12-14-38(35,36)32-27(34)37-28(2,3)4)33-13-11-23-25(29-17-30-26(23)33)31-24-10-9-19-7-5-6-8-22(19)24/h5-8,11-14,17-18,20-21,24H,9-10,15-16H2,1-4H3,(H,32,34)(H,29,30,31)/b14-12+/t18-,20+,21-,24-/m0/s1. The molecule has 5 rings (SSSR count). The number of nitrogens with zero attached hydrogens (tertiary/aromatic N) is 3. The van der Waals surface area contributed by atoms with Crippen LogP contribution in [0.3, 0.4) is 0 Å². The van der Waals surface area contributed by atoms with Gasteiger partial charge in [0.1, 0.15) is 23.4 Å². The number of rotatable bonds is 6. The first-order valence-electron chi connectivity index (χ1n) is 13.1. The van der Waals surface area contributed by atoms with Gasteiger partial charge in [-0.15, -0.1) is 0 Å². The Balaban J connectivity index is 1.29. The first kappa shape index (κ1) is 26.2. The van der Waals surface area contributed by atoms with Gasteiger partial charge in [-0.1, -0.05) is 37.3 Å². The molecule has 0 radical (unpaired) electrons. The topological polar surface area (TPSA) is 115 Å². The summed E-state index contributed by atoms with van der Waals surface area (Å²) >= 11 is 0. The second kappa shape index (κ2) is 10.1. The minimum Gasteiger partial charge on any atom is -0.443 e. The average Bonchev–Trinajstić information content (AvgIpc) is 3.53. The number of hydrogen-bond acceptors (Lipinski definition) is 7. The number of benzene rings is 1. The number of allylic oxidation sites excluding steroid dienone is 1. The number of aryl methyl sites for hydroxylation is 1. The fourth-order valence-electron chi connectivity index (χ4n) is 5.65. The molecule has 0 bridgehead atoms. The number of anilines is 1. The van der Waals surface area contributed by atoms with Crippen molar-refractivity contribution in [1.29, 1.82) is 0 Å². The second-order valence-corrected chi connectivity index (χ2v) is 12.9. The molecule has 2 aliphatic carbocycles. The largest absolute Gasteiger partial charge is 0.443 e. The van der Waals surface area contributed by atoms with Crippen LogP contribution >= 0.6 is 0 Å². The van der Waals surface area contributed by atoms with Crippen molar-refractivity contribution in [3.8, 4) is 0 Å². The highest BCUT2D eigenvalue weighted by Gasteiger charge is 2.32. The number of nitrogens with one attached hydrogen (secondary N) is 2. The van der Waals surface area contributed by atoms with E-state index in [1.54, 1.807) is 33.2 Å². The van der Waals surface area contributed by atoms with Gasteiger partial charge in [0.25, 0.3) is 10.0 Å². The van der Waals surface area contributed by atoms with Gasteiger partial charge < -0.3 is 14.6 Å². The lowest BCUT2D eigenvalue weighted by atomic mass is 9.99. The van der Waals surface area contributed by atoms with Crippen LogP contribution in [0.15, 0.2) is 54.3 Å². The maximum absolute atomic E-state index is 12.4. The van der Waals surface area contributed by atoms with E-state index in [1.165, 1.54) is 11.1 Å². The smallest absolute Gasteiger partial charge is 0.421 e. The zero-order valence-electron chi connectivity index (χ0n) is 22.2. The minimum absolute atomic E-state index is 0.0436. The SMILES string of the molecule is C[C@H]1C[C@H](n2ccc3c(N[C@H]4CCc5ccccc54)ncnc32)C[C@H]1/C=C/S(=O)(=O)NC(=O)OC(C)(C)C. The molecule has 10 heteroatoms. The summed E-state index contributed by atoms with van der Waals surface area (Å²) in [6.07, 6.45) is 8.11. The molecule has 4 atom stereocenters. The molecular weight excluding hydrogens is 502 g/mol. The van der Waals surface area contributed by atoms with E-state index >= 15 is 0 Å². The van der Waals surface area contributed by atoms with E-state index in [0.717, 1.165) is 47.9 Å². The number of sulfonamides is 1. The predicted octanol–water partition coefficient (Wildman–Crippen LogP) is 5.49. The van der Waals surface area contributed by atoms with Gasteiger partial charge in [-0.3, -0.25) is 0 Å². The summed E-state index contributed by atoms with van der Waals surface area (Å²) in [4.78, 5) is 21.1. The molecule has 0 spiro atoms. The Hall–Kier alpha value is -3.40. The number of aromatic nitrogens is 3. The van der Waals surface area contributed by atoms with Gasteiger partial charge in [-0.25, -0.2) is 27.9 Å². The molecule has 0 aliphatic heterocycles. The summed E-state index contributed by atoms with van der Waals surface area (Å²) in [6, 6.07) is 11.0. The number of amides is 1. The van der Waals surface area contributed by atoms with E-state index in [2.05, 4.69) is 63.3 Å². The van der Waals surface area contributed by atoms with Gasteiger partial charge >= 0.3 is 6.09 Å². The molecular formula is C28H35N5O4S. The molecule has 0 saturated heterocycles. The normalized spacial score (nSPS) is 23.6. The van der Waals surface area contributed by atoms with Gasteiger partial charge in [0.2, 0.25) is 0 Å². The molecule has 1 fully saturated rings. The third-order valence-corrected chi connectivity index (χ3v) is 8.36. The summed E-state index contributed by atoms with van der Waals surface area (Å²) in [6.45, 7) is 7.15. The van der Waals surface area contributed by atoms with Gasteiger partial charge in [0.05, 0.1) is 11.4 Å². The molecule has 1 amide bonds. The fraction of sp³-hybridized carbons (Fsp3) is 0.464. The van der Waals surface area contributed by atoms with Gasteiger partial charge in [0.15, 0.2) is 0 Å². The molecule has 0 unspecified atom stereocenters. The highest BCUT2D eigenvalue weighted by Crippen LogP contribution is 2.42. The molecule has 1 saturated carbocycles. The van der Waals surface area contributed by atoms with E-state index in [9.17, 15) is 13.2 Å². The highest BCUT2D eigenvalue weighted by atomic mass is 32.2. The Morgan fingerprint density at radius 1 is 1.16 bits per heavy atom. The van der Waals surface area contributed by atoms with Crippen LogP contribution in [0.25, 0.3) is 11.0 Å². The van der Waals surface area contributed by atoms with Crippen LogP contribution < -0.4 is 10.0 Å². The van der Waals surface area contributed by atoms with Crippen molar-refractivity contribution in [2.24, 2.45) is 11.8 Å². The van der Waals surface area contributed by atoms with E-state index < -0.39 is 21.7 Å². The van der Waals surface area contributed by atoms with Crippen LogP contribution in [-0.2, 0) is 21.2 Å². The van der Waals surface area contributed by atoms with Crippen molar-refractivity contribution in [2.75, 3.05) is 5.32 Å².